The second kappa shape index (κ2) is 7.68. The maximum Gasteiger partial charge on any atom is 0.267 e. The van der Waals surface area contributed by atoms with Crippen molar-refractivity contribution in [2.24, 2.45) is 0 Å². The molecule has 5 nitrogen and oxygen atoms in total. The van der Waals surface area contributed by atoms with E-state index in [1.54, 1.807) is 12.1 Å². The van der Waals surface area contributed by atoms with Gasteiger partial charge in [0.2, 0.25) is 0 Å². The number of nitrogens with zero attached hydrogens (tertiary/aromatic N) is 1. The molecule has 0 aliphatic rings. The molecule has 7 heteroatoms. The molecule has 0 aliphatic heterocycles. The Kier molecular flexibility index (Phi) is 5.63. The zero-order valence-electron chi connectivity index (χ0n) is 11.8. The number of nitrogens with one attached hydrogen (secondary N) is 2. The summed E-state index contributed by atoms with van der Waals surface area (Å²) in [6.07, 6.45) is 1.34. The minimum Gasteiger partial charge on any atom is -0.399 e. The van der Waals surface area contributed by atoms with Crippen molar-refractivity contribution >= 4 is 50.5 Å². The minimum absolute atomic E-state index is 0.0826. The number of halogens is 2. The first-order valence-electron chi connectivity index (χ1n) is 6.48. The first kappa shape index (κ1) is 16.9. The van der Waals surface area contributed by atoms with E-state index in [-0.39, 0.29) is 5.57 Å². The van der Waals surface area contributed by atoms with Crippen LogP contribution in [0.15, 0.2) is 58.7 Å². The van der Waals surface area contributed by atoms with E-state index in [0.29, 0.717) is 16.4 Å². The number of amides is 1. The molecule has 2 rings (SSSR count). The number of nitrogens with two attached hydrogens (primary N) is 1. The second-order valence-electron chi connectivity index (χ2n) is 4.51. The zero-order chi connectivity index (χ0) is 16.8. The molecule has 0 saturated heterocycles. The van der Waals surface area contributed by atoms with Gasteiger partial charge in [-0.3, -0.25) is 4.79 Å². The molecule has 0 heterocycles. The lowest BCUT2D eigenvalue weighted by molar-refractivity contribution is -0.112. The van der Waals surface area contributed by atoms with Crippen LogP contribution in [0.4, 0.5) is 17.1 Å². The van der Waals surface area contributed by atoms with Gasteiger partial charge in [-0.05, 0) is 42.5 Å². The van der Waals surface area contributed by atoms with Gasteiger partial charge in [-0.25, -0.2) is 0 Å². The van der Waals surface area contributed by atoms with Gasteiger partial charge in [0.25, 0.3) is 5.91 Å². The van der Waals surface area contributed by atoms with Crippen molar-refractivity contribution in [3.8, 4) is 6.07 Å². The predicted octanol–water partition coefficient (Wildman–Crippen LogP) is 4.14. The highest BCUT2D eigenvalue weighted by molar-refractivity contribution is 9.10. The number of hydrogen-bond donors (Lipinski definition) is 3. The molecular weight excluding hydrogens is 380 g/mol. The molecule has 0 aliphatic carbocycles. The van der Waals surface area contributed by atoms with Crippen molar-refractivity contribution in [1.29, 1.82) is 5.26 Å². The molecule has 23 heavy (non-hydrogen) atoms. The highest BCUT2D eigenvalue weighted by atomic mass is 79.9. The van der Waals surface area contributed by atoms with Crippen molar-refractivity contribution < 1.29 is 4.79 Å². The molecule has 0 saturated carbocycles. The molecule has 0 aromatic heterocycles. The van der Waals surface area contributed by atoms with Crippen LogP contribution < -0.4 is 16.4 Å². The third kappa shape index (κ3) is 4.74. The maximum atomic E-state index is 12.1. The van der Waals surface area contributed by atoms with Gasteiger partial charge < -0.3 is 16.4 Å². The van der Waals surface area contributed by atoms with Crippen LogP contribution in [0, 0.1) is 11.3 Å². The second-order valence-corrected chi connectivity index (χ2v) is 5.84. The van der Waals surface area contributed by atoms with E-state index in [1.807, 2.05) is 30.3 Å². The molecule has 0 atom stereocenters. The number of nitrogen functional groups attached to an aromatic ring is 1. The molecule has 2 aromatic rings. The number of hydrogen-bond acceptors (Lipinski definition) is 4. The van der Waals surface area contributed by atoms with Crippen molar-refractivity contribution in [2.75, 3.05) is 16.4 Å². The summed E-state index contributed by atoms with van der Waals surface area (Å²) in [5.74, 6) is -0.566. The van der Waals surface area contributed by atoms with Crippen LogP contribution in [0.25, 0.3) is 0 Å². The normalized spacial score (nSPS) is 10.7. The first-order chi connectivity index (χ1) is 11.0. The van der Waals surface area contributed by atoms with Crippen LogP contribution >= 0.6 is 27.5 Å². The Labute approximate surface area is 146 Å². The zero-order valence-corrected chi connectivity index (χ0v) is 14.1. The third-order valence-corrected chi connectivity index (χ3v) is 3.68. The highest BCUT2D eigenvalue weighted by Crippen LogP contribution is 2.24. The topological polar surface area (TPSA) is 90.9 Å². The summed E-state index contributed by atoms with van der Waals surface area (Å²) in [5.41, 5.74) is 7.13. The summed E-state index contributed by atoms with van der Waals surface area (Å²) in [6.45, 7) is 0. The van der Waals surface area contributed by atoms with Gasteiger partial charge in [0.15, 0.2) is 0 Å². The molecule has 4 N–H and O–H groups in total. The Morgan fingerprint density at radius 1 is 1.26 bits per heavy atom. The van der Waals surface area contributed by atoms with E-state index in [9.17, 15) is 4.79 Å². The SMILES string of the molecule is N#C/C(=C/Nc1ccc(Br)cc1)C(=O)Nc1ccc(N)cc1Cl. The largest absolute Gasteiger partial charge is 0.399 e. The summed E-state index contributed by atoms with van der Waals surface area (Å²) in [6, 6.07) is 13.9. The summed E-state index contributed by atoms with van der Waals surface area (Å²) in [5, 5.41) is 14.9. The van der Waals surface area contributed by atoms with Gasteiger partial charge >= 0.3 is 0 Å². The van der Waals surface area contributed by atoms with Crippen LogP contribution in [0.2, 0.25) is 5.02 Å². The molecule has 0 spiro atoms. The van der Waals surface area contributed by atoms with Gasteiger partial charge in [-0.15, -0.1) is 0 Å². The lowest BCUT2D eigenvalue weighted by Crippen LogP contribution is -2.15. The summed E-state index contributed by atoms with van der Waals surface area (Å²) < 4.78 is 0.934. The third-order valence-electron chi connectivity index (χ3n) is 2.83. The van der Waals surface area contributed by atoms with E-state index >= 15 is 0 Å². The Morgan fingerprint density at radius 2 is 1.96 bits per heavy atom. The molecule has 1 amide bonds. The smallest absolute Gasteiger partial charge is 0.267 e. The first-order valence-corrected chi connectivity index (χ1v) is 7.65. The molecule has 0 radical (unpaired) electrons. The van der Waals surface area contributed by atoms with E-state index in [1.165, 1.54) is 12.3 Å². The fourth-order valence-electron chi connectivity index (χ4n) is 1.67. The Hall–Kier alpha value is -2.49. The molecule has 0 bridgehead atoms. The van der Waals surface area contributed by atoms with Crippen molar-refractivity contribution in [1.82, 2.24) is 0 Å². The fourth-order valence-corrected chi connectivity index (χ4v) is 2.17. The fraction of sp³-hybridized carbons (Fsp3) is 0. The quantitative estimate of drug-likeness (QED) is 0.415. The highest BCUT2D eigenvalue weighted by Gasteiger charge is 2.11. The maximum absolute atomic E-state index is 12.1. The molecule has 116 valence electrons. The summed E-state index contributed by atoms with van der Waals surface area (Å²) >= 11 is 9.32. The lowest BCUT2D eigenvalue weighted by atomic mass is 10.2. The van der Waals surface area contributed by atoms with Crippen molar-refractivity contribution in [3.05, 3.63) is 63.7 Å². The number of carbonyl (C=O) groups excluding carboxylic acids is 1. The van der Waals surface area contributed by atoms with Crippen LogP contribution in [-0.4, -0.2) is 5.91 Å². The van der Waals surface area contributed by atoms with Crippen LogP contribution in [0.3, 0.4) is 0 Å². The van der Waals surface area contributed by atoms with Crippen LogP contribution in [0.5, 0.6) is 0 Å². The van der Waals surface area contributed by atoms with Crippen LogP contribution in [-0.2, 0) is 4.79 Å². The Balaban J connectivity index is 2.10. The van der Waals surface area contributed by atoms with Crippen molar-refractivity contribution in [3.63, 3.8) is 0 Å². The van der Waals surface area contributed by atoms with Crippen molar-refractivity contribution in [2.45, 2.75) is 0 Å². The number of carbonyl (C=O) groups is 1. The van der Waals surface area contributed by atoms with E-state index in [4.69, 9.17) is 22.6 Å². The van der Waals surface area contributed by atoms with E-state index in [0.717, 1.165) is 10.2 Å². The lowest BCUT2D eigenvalue weighted by Gasteiger charge is -2.07. The average molecular weight is 392 g/mol. The standard InChI is InChI=1S/C16H12BrClN4O/c17-11-1-4-13(5-2-11)21-9-10(8-19)16(23)22-15-6-3-12(20)7-14(15)18/h1-7,9,21H,20H2,(H,22,23)/b10-9-. The van der Waals surface area contributed by atoms with E-state index in [2.05, 4.69) is 26.6 Å². The molecular formula is C16H12BrClN4O. The van der Waals surface area contributed by atoms with Gasteiger partial charge in [0.05, 0.1) is 10.7 Å². The predicted molar refractivity (Wildman–Crippen MR) is 96.0 cm³/mol. The molecule has 2 aromatic carbocycles. The summed E-state index contributed by atoms with van der Waals surface area (Å²) in [4.78, 5) is 12.1. The van der Waals surface area contributed by atoms with Gasteiger partial charge in [-0.1, -0.05) is 27.5 Å². The number of benzene rings is 2. The number of nitriles is 1. The Bertz CT molecular complexity index is 797. The van der Waals surface area contributed by atoms with Gasteiger partial charge in [-0.2, -0.15) is 5.26 Å². The van der Waals surface area contributed by atoms with E-state index < -0.39 is 5.91 Å². The molecule has 0 unspecified atom stereocenters. The monoisotopic (exact) mass is 390 g/mol. The molecule has 0 fully saturated rings. The Morgan fingerprint density at radius 3 is 2.57 bits per heavy atom. The average Bonchev–Trinajstić information content (AvgIpc) is 2.52. The summed E-state index contributed by atoms with van der Waals surface area (Å²) in [7, 11) is 0. The minimum atomic E-state index is -0.566. The van der Waals surface area contributed by atoms with Gasteiger partial charge in [0.1, 0.15) is 11.6 Å². The van der Waals surface area contributed by atoms with Crippen LogP contribution in [0.1, 0.15) is 0 Å². The van der Waals surface area contributed by atoms with Gasteiger partial charge in [0, 0.05) is 22.0 Å². The number of rotatable bonds is 4. The number of anilines is 3.